The van der Waals surface area contributed by atoms with Crippen LogP contribution >= 0.6 is 11.8 Å². The van der Waals surface area contributed by atoms with Gasteiger partial charge in [-0.2, -0.15) is 11.8 Å². The number of cyclic esters (lactones) is 1. The van der Waals surface area contributed by atoms with Gasteiger partial charge >= 0.3 is 12.1 Å². The fourth-order valence-electron chi connectivity index (χ4n) is 0.923. The van der Waals surface area contributed by atoms with E-state index in [1.54, 1.807) is 0 Å². The maximum atomic E-state index is 10.6. The van der Waals surface area contributed by atoms with Crippen molar-refractivity contribution in [2.45, 2.75) is 12.1 Å². The molecule has 0 aromatic heterocycles. The third-order valence-electron chi connectivity index (χ3n) is 1.67. The molecule has 0 bridgehead atoms. The number of rotatable bonds is 5. The highest BCUT2D eigenvalue weighted by molar-refractivity contribution is 7.99. The van der Waals surface area contributed by atoms with E-state index in [1.165, 1.54) is 11.8 Å². The van der Waals surface area contributed by atoms with E-state index in [4.69, 9.17) is 15.6 Å². The number of carbonyl (C=O) groups is 2. The fraction of sp³-hybridized carbons (Fsp3) is 0.714. The van der Waals surface area contributed by atoms with Gasteiger partial charge in [-0.1, -0.05) is 0 Å². The molecule has 1 rings (SSSR count). The highest BCUT2D eigenvalue weighted by Gasteiger charge is 2.22. The summed E-state index contributed by atoms with van der Waals surface area (Å²) in [5.41, 5.74) is 5.28. The van der Waals surface area contributed by atoms with Gasteiger partial charge in [0.05, 0.1) is 6.54 Å². The number of ether oxygens (including phenoxy) is 1. The predicted octanol–water partition coefficient (Wildman–Crippen LogP) is -0.760. The first-order valence-corrected chi connectivity index (χ1v) is 5.25. The van der Waals surface area contributed by atoms with Gasteiger partial charge in [0.25, 0.3) is 0 Å². The molecule has 80 valence electrons. The highest BCUT2D eigenvalue weighted by Crippen LogP contribution is 2.10. The van der Waals surface area contributed by atoms with Gasteiger partial charge < -0.3 is 20.9 Å². The molecular weight excluding hydrogens is 208 g/mol. The van der Waals surface area contributed by atoms with Gasteiger partial charge in [-0.3, -0.25) is 4.79 Å². The van der Waals surface area contributed by atoms with Crippen LogP contribution in [0.4, 0.5) is 4.79 Å². The second-order valence-corrected chi connectivity index (χ2v) is 3.97. The molecule has 1 fully saturated rings. The van der Waals surface area contributed by atoms with Crippen molar-refractivity contribution in [2.75, 3.05) is 18.1 Å². The van der Waals surface area contributed by atoms with E-state index >= 15 is 0 Å². The number of carboxylic acids is 1. The van der Waals surface area contributed by atoms with Crippen LogP contribution in [0.2, 0.25) is 0 Å². The third-order valence-corrected chi connectivity index (χ3v) is 2.87. The maximum absolute atomic E-state index is 10.6. The van der Waals surface area contributed by atoms with Crippen molar-refractivity contribution in [1.82, 2.24) is 5.32 Å². The summed E-state index contributed by atoms with van der Waals surface area (Å²) < 4.78 is 4.84. The summed E-state index contributed by atoms with van der Waals surface area (Å²) in [6.45, 7) is 0.480. The minimum absolute atomic E-state index is 0.173. The Balaban J connectivity index is 2.09. The van der Waals surface area contributed by atoms with E-state index in [-0.39, 0.29) is 6.10 Å². The molecule has 1 amide bonds. The molecule has 14 heavy (non-hydrogen) atoms. The number of thioether (sulfide) groups is 1. The molecule has 0 aromatic carbocycles. The molecule has 0 aliphatic carbocycles. The summed E-state index contributed by atoms with van der Waals surface area (Å²) in [5, 5.41) is 11.0. The first-order valence-electron chi connectivity index (χ1n) is 4.10. The van der Waals surface area contributed by atoms with Crippen molar-refractivity contribution in [3.8, 4) is 0 Å². The van der Waals surface area contributed by atoms with Gasteiger partial charge in [0, 0.05) is 11.5 Å². The van der Waals surface area contributed by atoms with Crippen LogP contribution in [0.25, 0.3) is 0 Å². The van der Waals surface area contributed by atoms with Gasteiger partial charge in [0.2, 0.25) is 0 Å². The molecule has 1 saturated heterocycles. The van der Waals surface area contributed by atoms with Crippen LogP contribution in [-0.4, -0.2) is 47.4 Å². The zero-order valence-corrected chi connectivity index (χ0v) is 8.25. The van der Waals surface area contributed by atoms with Crippen molar-refractivity contribution in [1.29, 1.82) is 0 Å². The smallest absolute Gasteiger partial charge is 0.407 e. The Kier molecular flexibility index (Phi) is 4.02. The SMILES string of the molecule is NC(CSCC1CNC(=O)O1)C(=O)O. The summed E-state index contributed by atoms with van der Waals surface area (Å²) in [6, 6.07) is -0.856. The molecule has 4 N–H and O–H groups in total. The van der Waals surface area contributed by atoms with E-state index in [0.717, 1.165) is 0 Å². The first kappa shape index (κ1) is 11.1. The lowest BCUT2D eigenvalue weighted by atomic mass is 10.4. The Labute approximate surface area is 85.2 Å². The van der Waals surface area contributed by atoms with Crippen LogP contribution in [0.1, 0.15) is 0 Å². The van der Waals surface area contributed by atoms with Crippen molar-refractivity contribution < 1.29 is 19.4 Å². The number of aliphatic carboxylic acids is 1. The Bertz CT molecular complexity index is 236. The van der Waals surface area contributed by atoms with Gasteiger partial charge in [-0.05, 0) is 0 Å². The molecular formula is C7H12N2O4S. The summed E-state index contributed by atoms with van der Waals surface area (Å²) in [5.74, 6) is -0.123. The lowest BCUT2D eigenvalue weighted by molar-refractivity contribution is -0.137. The Morgan fingerprint density at radius 1 is 1.86 bits per heavy atom. The van der Waals surface area contributed by atoms with Crippen LogP contribution in [0.15, 0.2) is 0 Å². The van der Waals surface area contributed by atoms with E-state index in [2.05, 4.69) is 5.32 Å². The number of carboxylic acid groups (broad SMARTS) is 1. The maximum Gasteiger partial charge on any atom is 0.407 e. The molecule has 6 nitrogen and oxygen atoms in total. The summed E-state index contributed by atoms with van der Waals surface area (Å²) >= 11 is 1.37. The molecule has 2 unspecified atom stereocenters. The molecule has 0 radical (unpaired) electrons. The Hall–Kier alpha value is -0.950. The standard InChI is InChI=1S/C7H12N2O4S/c8-5(6(10)11)3-14-2-4-1-9-7(12)13-4/h4-5H,1-3,8H2,(H,9,12)(H,10,11). The number of nitrogens with two attached hydrogens (primary N) is 1. The second-order valence-electron chi connectivity index (χ2n) is 2.89. The minimum Gasteiger partial charge on any atom is -0.480 e. The summed E-state index contributed by atoms with van der Waals surface area (Å²) in [7, 11) is 0. The van der Waals surface area contributed by atoms with E-state index in [9.17, 15) is 9.59 Å². The number of amides is 1. The average Bonchev–Trinajstić information content (AvgIpc) is 2.51. The summed E-state index contributed by atoms with van der Waals surface area (Å²) in [4.78, 5) is 20.9. The number of alkyl carbamates (subject to hydrolysis) is 1. The number of hydrogen-bond acceptors (Lipinski definition) is 5. The largest absolute Gasteiger partial charge is 0.480 e. The topological polar surface area (TPSA) is 102 Å². The van der Waals surface area contributed by atoms with Gasteiger partial charge in [0.1, 0.15) is 12.1 Å². The molecule has 1 aliphatic heterocycles. The van der Waals surface area contributed by atoms with Crippen molar-refractivity contribution in [3.63, 3.8) is 0 Å². The summed E-state index contributed by atoms with van der Waals surface area (Å²) in [6.07, 6.45) is -0.591. The molecule has 0 aromatic rings. The highest BCUT2D eigenvalue weighted by atomic mass is 32.2. The van der Waals surface area contributed by atoms with Crippen molar-refractivity contribution in [2.24, 2.45) is 5.73 Å². The molecule has 0 spiro atoms. The van der Waals surface area contributed by atoms with Crippen molar-refractivity contribution >= 4 is 23.8 Å². The third kappa shape index (κ3) is 3.43. The Morgan fingerprint density at radius 2 is 2.57 bits per heavy atom. The van der Waals surface area contributed by atoms with Crippen LogP contribution in [0.5, 0.6) is 0 Å². The average molecular weight is 220 g/mol. The lowest BCUT2D eigenvalue weighted by Gasteiger charge is -2.08. The van der Waals surface area contributed by atoms with Crippen LogP contribution < -0.4 is 11.1 Å². The van der Waals surface area contributed by atoms with Gasteiger partial charge in [-0.15, -0.1) is 0 Å². The zero-order valence-electron chi connectivity index (χ0n) is 7.43. The molecule has 1 heterocycles. The second kappa shape index (κ2) is 5.06. The van der Waals surface area contributed by atoms with Crippen molar-refractivity contribution in [3.05, 3.63) is 0 Å². The van der Waals surface area contributed by atoms with Crippen LogP contribution in [0.3, 0.4) is 0 Å². The number of hydrogen-bond donors (Lipinski definition) is 3. The number of nitrogens with one attached hydrogen (secondary N) is 1. The van der Waals surface area contributed by atoms with E-state index in [0.29, 0.717) is 18.1 Å². The number of carbonyl (C=O) groups excluding carboxylic acids is 1. The monoisotopic (exact) mass is 220 g/mol. The molecule has 7 heteroatoms. The van der Waals surface area contributed by atoms with E-state index in [1.807, 2.05) is 0 Å². The van der Waals surface area contributed by atoms with Crippen LogP contribution in [0, 0.1) is 0 Å². The lowest BCUT2D eigenvalue weighted by Crippen LogP contribution is -2.33. The Morgan fingerprint density at radius 3 is 3.07 bits per heavy atom. The minimum atomic E-state index is -1.01. The molecule has 1 aliphatic rings. The quantitative estimate of drug-likeness (QED) is 0.563. The molecule has 2 atom stereocenters. The fourth-order valence-corrected chi connectivity index (χ4v) is 1.90. The normalized spacial score (nSPS) is 22.6. The van der Waals surface area contributed by atoms with Crippen LogP contribution in [-0.2, 0) is 9.53 Å². The van der Waals surface area contributed by atoms with Gasteiger partial charge in [0.15, 0.2) is 0 Å². The van der Waals surface area contributed by atoms with E-state index < -0.39 is 18.1 Å². The molecule has 0 saturated carbocycles. The predicted molar refractivity (Wildman–Crippen MR) is 51.2 cm³/mol. The van der Waals surface area contributed by atoms with Gasteiger partial charge in [-0.25, -0.2) is 4.79 Å². The zero-order chi connectivity index (χ0) is 10.6. The first-order chi connectivity index (χ1) is 6.59.